The molecule has 4 nitrogen and oxygen atoms in total. The van der Waals surface area contributed by atoms with Crippen molar-refractivity contribution in [2.75, 3.05) is 32.8 Å². The van der Waals surface area contributed by atoms with E-state index in [1.54, 1.807) is 0 Å². The summed E-state index contributed by atoms with van der Waals surface area (Å²) in [4.78, 5) is 13.8. The van der Waals surface area contributed by atoms with Crippen molar-refractivity contribution in [3.05, 3.63) is 0 Å². The first kappa shape index (κ1) is 13.5. The molecule has 0 spiro atoms. The van der Waals surface area contributed by atoms with E-state index >= 15 is 0 Å². The van der Waals surface area contributed by atoms with Gasteiger partial charge in [-0.3, -0.25) is 4.79 Å². The van der Waals surface area contributed by atoms with Gasteiger partial charge in [0.1, 0.15) is 0 Å². The third-order valence-corrected chi connectivity index (χ3v) is 3.09. The number of likely N-dealkylation sites (tertiary alicyclic amines) is 1. The maximum atomic E-state index is 11.5. The van der Waals surface area contributed by atoms with Gasteiger partial charge in [0.25, 0.3) is 0 Å². The molecule has 16 heavy (non-hydrogen) atoms. The van der Waals surface area contributed by atoms with E-state index in [2.05, 4.69) is 4.90 Å². The fourth-order valence-corrected chi connectivity index (χ4v) is 2.11. The van der Waals surface area contributed by atoms with E-state index in [1.807, 2.05) is 13.8 Å². The Hall–Kier alpha value is -0.610. The lowest BCUT2D eigenvalue weighted by Crippen LogP contribution is -2.39. The average Bonchev–Trinajstić information content (AvgIpc) is 2.30. The number of ether oxygens (including phenoxy) is 1. The quantitative estimate of drug-likeness (QED) is 0.711. The van der Waals surface area contributed by atoms with Crippen molar-refractivity contribution in [3.8, 4) is 0 Å². The van der Waals surface area contributed by atoms with Gasteiger partial charge in [0.05, 0.1) is 12.5 Å². The third kappa shape index (κ3) is 4.10. The maximum Gasteiger partial charge on any atom is 0.309 e. The van der Waals surface area contributed by atoms with Crippen LogP contribution in [0.2, 0.25) is 0 Å². The number of rotatable bonds is 5. The van der Waals surface area contributed by atoms with Crippen LogP contribution in [0, 0.1) is 11.8 Å². The number of aliphatic hydroxyl groups excluding tert-OH is 1. The van der Waals surface area contributed by atoms with Crippen LogP contribution in [-0.2, 0) is 9.53 Å². The second-order valence-corrected chi connectivity index (χ2v) is 4.61. The molecule has 0 amide bonds. The van der Waals surface area contributed by atoms with Gasteiger partial charge in [-0.25, -0.2) is 0 Å². The van der Waals surface area contributed by atoms with Gasteiger partial charge in [-0.2, -0.15) is 0 Å². The largest absolute Gasteiger partial charge is 0.466 e. The fraction of sp³-hybridized carbons (Fsp3) is 0.917. The summed E-state index contributed by atoms with van der Waals surface area (Å²) >= 11 is 0. The summed E-state index contributed by atoms with van der Waals surface area (Å²) < 4.78 is 5.02. The van der Waals surface area contributed by atoms with Crippen molar-refractivity contribution in [1.29, 1.82) is 0 Å². The van der Waals surface area contributed by atoms with Crippen LogP contribution in [0.25, 0.3) is 0 Å². The minimum Gasteiger partial charge on any atom is -0.466 e. The van der Waals surface area contributed by atoms with E-state index < -0.39 is 0 Å². The minimum atomic E-state index is -0.0441. The molecule has 1 atom stereocenters. The smallest absolute Gasteiger partial charge is 0.309 e. The van der Waals surface area contributed by atoms with Gasteiger partial charge in [-0.1, -0.05) is 6.92 Å². The molecule has 1 N–H and O–H groups in total. The number of esters is 1. The Bertz CT molecular complexity index is 212. The topological polar surface area (TPSA) is 49.8 Å². The summed E-state index contributed by atoms with van der Waals surface area (Å²) in [6.45, 7) is 7.39. The minimum absolute atomic E-state index is 0.0441. The maximum absolute atomic E-state index is 11.5. The van der Waals surface area contributed by atoms with Gasteiger partial charge >= 0.3 is 5.97 Å². The zero-order valence-electron chi connectivity index (χ0n) is 10.3. The summed E-state index contributed by atoms with van der Waals surface area (Å²) in [6, 6.07) is 0. The van der Waals surface area contributed by atoms with Crippen LogP contribution in [0.1, 0.15) is 26.7 Å². The standard InChI is InChI=1S/C12H23NO3/c1-3-16-12(15)11-4-6-13(7-5-11)8-10(2)9-14/h10-11,14H,3-9H2,1-2H3. The summed E-state index contributed by atoms with van der Waals surface area (Å²) in [5.74, 6) is 0.358. The fourth-order valence-electron chi connectivity index (χ4n) is 2.11. The van der Waals surface area contributed by atoms with Crippen LogP contribution in [0.4, 0.5) is 0 Å². The Kier molecular flexibility index (Phi) is 5.77. The first-order chi connectivity index (χ1) is 7.67. The molecule has 0 aliphatic carbocycles. The normalized spacial score (nSPS) is 20.7. The zero-order chi connectivity index (χ0) is 12.0. The predicted molar refractivity (Wildman–Crippen MR) is 62.0 cm³/mol. The molecule has 94 valence electrons. The van der Waals surface area contributed by atoms with Crippen molar-refractivity contribution in [3.63, 3.8) is 0 Å². The molecule has 0 aromatic carbocycles. The molecule has 1 fully saturated rings. The molecule has 0 saturated carbocycles. The van der Waals surface area contributed by atoms with Crippen LogP contribution in [-0.4, -0.2) is 48.8 Å². The van der Waals surface area contributed by atoms with Gasteiger partial charge in [-0.05, 0) is 38.8 Å². The van der Waals surface area contributed by atoms with E-state index in [1.165, 1.54) is 0 Å². The lowest BCUT2D eigenvalue weighted by molar-refractivity contribution is -0.149. The molecule has 0 aromatic heterocycles. The molecule has 1 unspecified atom stereocenters. The molecule has 0 radical (unpaired) electrons. The molecule has 0 aromatic rings. The highest BCUT2D eigenvalue weighted by atomic mass is 16.5. The molecule has 1 heterocycles. The van der Waals surface area contributed by atoms with Gasteiger partial charge in [0.2, 0.25) is 0 Å². The van der Waals surface area contributed by atoms with Crippen LogP contribution in [0.15, 0.2) is 0 Å². The SMILES string of the molecule is CCOC(=O)C1CCN(CC(C)CO)CC1. The number of aliphatic hydroxyl groups is 1. The van der Waals surface area contributed by atoms with Gasteiger partial charge in [-0.15, -0.1) is 0 Å². The Labute approximate surface area is 97.6 Å². The first-order valence-electron chi connectivity index (χ1n) is 6.17. The molecule has 4 heteroatoms. The highest BCUT2D eigenvalue weighted by Crippen LogP contribution is 2.19. The van der Waals surface area contributed by atoms with E-state index in [0.717, 1.165) is 32.5 Å². The van der Waals surface area contributed by atoms with Gasteiger partial charge < -0.3 is 14.7 Å². The number of carbonyl (C=O) groups excluding carboxylic acids is 1. The molecule has 1 rings (SSSR count). The van der Waals surface area contributed by atoms with Gasteiger partial charge in [0.15, 0.2) is 0 Å². The van der Waals surface area contributed by atoms with Crippen LogP contribution < -0.4 is 0 Å². The van der Waals surface area contributed by atoms with Crippen molar-refractivity contribution in [2.24, 2.45) is 11.8 Å². The van der Waals surface area contributed by atoms with Crippen molar-refractivity contribution in [1.82, 2.24) is 4.90 Å². The second-order valence-electron chi connectivity index (χ2n) is 4.61. The summed E-state index contributed by atoms with van der Waals surface area (Å²) in [5.41, 5.74) is 0. The number of nitrogens with zero attached hydrogens (tertiary/aromatic N) is 1. The summed E-state index contributed by atoms with van der Waals surface area (Å²) in [6.07, 6.45) is 1.77. The second kappa shape index (κ2) is 6.86. The molecular formula is C12H23NO3. The van der Waals surface area contributed by atoms with E-state index in [-0.39, 0.29) is 18.5 Å². The van der Waals surface area contributed by atoms with Crippen LogP contribution >= 0.6 is 0 Å². The molecule has 1 saturated heterocycles. The lowest BCUT2D eigenvalue weighted by atomic mass is 9.96. The van der Waals surface area contributed by atoms with E-state index in [9.17, 15) is 4.79 Å². The Balaban J connectivity index is 2.25. The Morgan fingerprint density at radius 2 is 2.12 bits per heavy atom. The molecule has 0 bridgehead atoms. The number of carbonyl (C=O) groups is 1. The Morgan fingerprint density at radius 1 is 1.50 bits per heavy atom. The molecule has 1 aliphatic heterocycles. The van der Waals surface area contributed by atoms with Crippen molar-refractivity contribution in [2.45, 2.75) is 26.7 Å². The lowest BCUT2D eigenvalue weighted by Gasteiger charge is -2.32. The molecule has 1 aliphatic rings. The molecular weight excluding hydrogens is 206 g/mol. The monoisotopic (exact) mass is 229 g/mol. The zero-order valence-corrected chi connectivity index (χ0v) is 10.3. The third-order valence-electron chi connectivity index (χ3n) is 3.09. The van der Waals surface area contributed by atoms with Crippen molar-refractivity contribution < 1.29 is 14.6 Å². The Morgan fingerprint density at radius 3 is 2.62 bits per heavy atom. The summed E-state index contributed by atoms with van der Waals surface area (Å²) in [7, 11) is 0. The van der Waals surface area contributed by atoms with E-state index in [0.29, 0.717) is 12.5 Å². The number of hydrogen-bond donors (Lipinski definition) is 1. The number of piperidine rings is 1. The van der Waals surface area contributed by atoms with E-state index in [4.69, 9.17) is 9.84 Å². The first-order valence-corrected chi connectivity index (χ1v) is 6.17. The summed E-state index contributed by atoms with van der Waals surface area (Å²) in [5, 5.41) is 8.97. The average molecular weight is 229 g/mol. The van der Waals surface area contributed by atoms with Crippen LogP contribution in [0.3, 0.4) is 0 Å². The van der Waals surface area contributed by atoms with Crippen molar-refractivity contribution >= 4 is 5.97 Å². The number of hydrogen-bond acceptors (Lipinski definition) is 4. The highest BCUT2D eigenvalue weighted by molar-refractivity contribution is 5.72. The van der Waals surface area contributed by atoms with Crippen LogP contribution in [0.5, 0.6) is 0 Å². The predicted octanol–water partition coefficient (Wildman–Crippen LogP) is 0.890. The highest BCUT2D eigenvalue weighted by Gasteiger charge is 2.26. The van der Waals surface area contributed by atoms with Gasteiger partial charge in [0, 0.05) is 13.2 Å².